The molecule has 7 rings (SSSR count). The zero-order valence-electron chi connectivity index (χ0n) is 28.0. The Morgan fingerprint density at radius 1 is 1.00 bits per heavy atom. The third-order valence-electron chi connectivity index (χ3n) is 9.72. The molecule has 0 spiro atoms. The molecule has 3 heterocycles. The number of carboxylic acids is 1. The highest BCUT2D eigenvalue weighted by molar-refractivity contribution is 7.93. The second kappa shape index (κ2) is 14.1. The number of anilines is 3. The van der Waals surface area contributed by atoms with Crippen molar-refractivity contribution < 1.29 is 23.1 Å². The lowest BCUT2D eigenvalue weighted by Gasteiger charge is -2.32. The summed E-state index contributed by atoms with van der Waals surface area (Å²) in [5.41, 5.74) is 3.71. The predicted octanol–water partition coefficient (Wildman–Crippen LogP) is 7.23. The van der Waals surface area contributed by atoms with Gasteiger partial charge in [0.15, 0.2) is 10.8 Å². The molecule has 260 valence electrons. The number of thiazole rings is 1. The van der Waals surface area contributed by atoms with Crippen LogP contribution in [0.5, 0.6) is 0 Å². The van der Waals surface area contributed by atoms with E-state index in [1.54, 1.807) is 43.3 Å². The van der Waals surface area contributed by atoms with Gasteiger partial charge in [-0.25, -0.2) is 23.2 Å². The van der Waals surface area contributed by atoms with Gasteiger partial charge < -0.3 is 10.0 Å². The van der Waals surface area contributed by atoms with E-state index < -0.39 is 21.2 Å². The number of hydrogen-bond acceptors (Lipinski definition) is 9. The first-order valence-electron chi connectivity index (χ1n) is 17.0. The molecule has 1 fully saturated rings. The summed E-state index contributed by atoms with van der Waals surface area (Å²) in [6.45, 7) is 2.75. The Bertz CT molecular complexity index is 2280. The first-order valence-corrected chi connectivity index (χ1v) is 19.3. The van der Waals surface area contributed by atoms with Crippen molar-refractivity contribution in [2.24, 2.45) is 0 Å². The lowest BCUT2D eigenvalue weighted by molar-refractivity contribution is 0.0691. The van der Waals surface area contributed by atoms with Gasteiger partial charge in [-0.2, -0.15) is 5.26 Å². The summed E-state index contributed by atoms with van der Waals surface area (Å²) in [6.07, 6.45) is 4.45. The SMILES string of the molecule is CCN(c1cccc(-c2ccc(N3CCc4cccc(C(=O)Nc5nc6ccccc6s5)c4C3)nc2C(=O)O)c1C#N)S(=O)(=O)C1CCCCC1. The summed E-state index contributed by atoms with van der Waals surface area (Å²) >= 11 is 1.40. The monoisotopic (exact) mass is 720 g/mol. The van der Waals surface area contributed by atoms with Crippen molar-refractivity contribution in [1.82, 2.24) is 9.97 Å². The fraction of sp³-hybridized carbons (Fsp3) is 0.289. The maximum Gasteiger partial charge on any atom is 0.355 e. The minimum Gasteiger partial charge on any atom is -0.476 e. The molecule has 13 heteroatoms. The second-order valence-electron chi connectivity index (χ2n) is 12.7. The summed E-state index contributed by atoms with van der Waals surface area (Å²) < 4.78 is 29.8. The Morgan fingerprint density at radius 2 is 1.78 bits per heavy atom. The minimum atomic E-state index is -3.75. The van der Waals surface area contributed by atoms with Crippen LogP contribution in [0.3, 0.4) is 0 Å². The van der Waals surface area contributed by atoms with Gasteiger partial charge in [0.05, 0.1) is 26.7 Å². The van der Waals surface area contributed by atoms with Crippen LogP contribution in [0.15, 0.2) is 72.8 Å². The van der Waals surface area contributed by atoms with E-state index in [2.05, 4.69) is 21.4 Å². The number of aromatic nitrogens is 2. The molecule has 0 saturated heterocycles. The molecule has 2 aromatic heterocycles. The number of sulfonamides is 1. The highest BCUT2D eigenvalue weighted by atomic mass is 32.2. The van der Waals surface area contributed by atoms with Crippen LogP contribution in [0.2, 0.25) is 0 Å². The number of pyridine rings is 1. The second-order valence-corrected chi connectivity index (χ2v) is 15.9. The molecule has 1 amide bonds. The quantitative estimate of drug-likeness (QED) is 0.160. The number of hydrogen-bond donors (Lipinski definition) is 2. The molecule has 1 saturated carbocycles. The highest BCUT2D eigenvalue weighted by Crippen LogP contribution is 2.37. The Morgan fingerprint density at radius 3 is 2.53 bits per heavy atom. The summed E-state index contributed by atoms with van der Waals surface area (Å²) in [7, 11) is -3.75. The van der Waals surface area contributed by atoms with Gasteiger partial charge in [-0.15, -0.1) is 0 Å². The Hall–Kier alpha value is -5.32. The summed E-state index contributed by atoms with van der Waals surface area (Å²) in [6, 6.07) is 23.7. The molecule has 0 unspecified atom stereocenters. The van der Waals surface area contributed by atoms with Crippen LogP contribution in [0.4, 0.5) is 16.6 Å². The van der Waals surface area contributed by atoms with Crippen LogP contribution < -0.4 is 14.5 Å². The highest BCUT2D eigenvalue weighted by Gasteiger charge is 2.34. The number of carbonyl (C=O) groups excluding carboxylic acids is 1. The summed E-state index contributed by atoms with van der Waals surface area (Å²) in [5, 5.41) is 23.7. The van der Waals surface area contributed by atoms with Crippen molar-refractivity contribution in [1.29, 1.82) is 5.26 Å². The smallest absolute Gasteiger partial charge is 0.355 e. The van der Waals surface area contributed by atoms with E-state index in [0.29, 0.717) is 54.4 Å². The predicted molar refractivity (Wildman–Crippen MR) is 199 cm³/mol. The van der Waals surface area contributed by atoms with Crippen LogP contribution in [0.25, 0.3) is 21.3 Å². The standard InChI is InChI=1S/C38H36N6O5S2/c1-2-44(51(48,49)25-11-4-3-5-12-25)32-16-9-13-26(29(32)22-39)27-18-19-34(41-35(27)37(46)47)43-21-20-24-10-8-14-28(30(24)23-43)36(45)42-38-40-31-15-6-7-17-33(31)50-38/h6-10,13-19,25H,2-5,11-12,20-21,23H2,1H3,(H,46,47)(H,40,42,45). The topological polar surface area (TPSA) is 157 Å². The number of rotatable bonds is 9. The van der Waals surface area contributed by atoms with Crippen LogP contribution >= 0.6 is 11.3 Å². The van der Waals surface area contributed by atoms with Gasteiger partial charge >= 0.3 is 5.97 Å². The van der Waals surface area contributed by atoms with Crippen molar-refractivity contribution in [2.45, 2.75) is 57.2 Å². The number of fused-ring (bicyclic) bond motifs is 2. The summed E-state index contributed by atoms with van der Waals surface area (Å²) in [5.74, 6) is -1.15. The molecule has 51 heavy (non-hydrogen) atoms. The zero-order valence-corrected chi connectivity index (χ0v) is 29.6. The number of carboxylic acid groups (broad SMARTS) is 1. The molecule has 2 aliphatic rings. The number of amides is 1. The zero-order chi connectivity index (χ0) is 35.7. The van der Waals surface area contributed by atoms with Gasteiger partial charge in [0.25, 0.3) is 5.91 Å². The minimum absolute atomic E-state index is 0.0754. The van der Waals surface area contributed by atoms with Crippen molar-refractivity contribution in [3.63, 3.8) is 0 Å². The van der Waals surface area contributed by atoms with E-state index >= 15 is 0 Å². The normalized spacial score (nSPS) is 14.9. The third-order valence-corrected chi connectivity index (χ3v) is 13.1. The van der Waals surface area contributed by atoms with Crippen molar-refractivity contribution >= 4 is 60.1 Å². The number of para-hydroxylation sites is 1. The van der Waals surface area contributed by atoms with Crippen LogP contribution in [-0.4, -0.2) is 53.7 Å². The van der Waals surface area contributed by atoms with Crippen molar-refractivity contribution in [2.75, 3.05) is 27.6 Å². The van der Waals surface area contributed by atoms with Gasteiger partial charge in [0.1, 0.15) is 11.9 Å². The number of carbonyl (C=O) groups is 2. The molecular weight excluding hydrogens is 685 g/mol. The van der Waals surface area contributed by atoms with Gasteiger partial charge in [0.2, 0.25) is 10.0 Å². The van der Waals surface area contributed by atoms with Gasteiger partial charge in [0, 0.05) is 36.3 Å². The largest absolute Gasteiger partial charge is 0.476 e. The number of nitrogens with zero attached hydrogens (tertiary/aromatic N) is 5. The van der Waals surface area contributed by atoms with Crippen molar-refractivity contribution in [3.8, 4) is 17.2 Å². The molecule has 0 radical (unpaired) electrons. The van der Waals surface area contributed by atoms with Crippen LogP contribution in [0.1, 0.15) is 76.6 Å². The number of benzene rings is 3. The van der Waals surface area contributed by atoms with E-state index in [9.17, 15) is 28.4 Å². The molecule has 0 bridgehead atoms. The summed E-state index contributed by atoms with van der Waals surface area (Å²) in [4.78, 5) is 37.3. The number of nitriles is 1. The Labute approximate surface area is 300 Å². The molecular formula is C38H36N6O5S2. The Balaban J connectivity index is 1.19. The first kappa shape index (κ1) is 34.1. The van der Waals surface area contributed by atoms with E-state index in [-0.39, 0.29) is 35.0 Å². The van der Waals surface area contributed by atoms with Crippen LogP contribution in [-0.2, 0) is 23.0 Å². The maximum absolute atomic E-state index is 13.8. The van der Waals surface area contributed by atoms with Crippen molar-refractivity contribution in [3.05, 3.63) is 101 Å². The van der Waals surface area contributed by atoms with Gasteiger partial charge in [-0.1, -0.05) is 67.0 Å². The van der Waals surface area contributed by atoms with E-state index in [4.69, 9.17) is 0 Å². The average Bonchev–Trinajstić information content (AvgIpc) is 3.57. The molecule has 11 nitrogen and oxygen atoms in total. The molecule has 2 N–H and O–H groups in total. The molecule has 1 aliphatic carbocycles. The van der Waals surface area contributed by atoms with E-state index in [1.807, 2.05) is 41.3 Å². The lowest BCUT2D eigenvalue weighted by Crippen LogP contribution is -2.40. The third kappa shape index (κ3) is 6.53. The van der Waals surface area contributed by atoms with Crippen LogP contribution in [0, 0.1) is 11.3 Å². The van der Waals surface area contributed by atoms with Gasteiger partial charge in [-0.05, 0) is 73.7 Å². The maximum atomic E-state index is 13.8. The molecule has 1 aliphatic heterocycles. The average molecular weight is 721 g/mol. The number of aromatic carboxylic acids is 1. The fourth-order valence-corrected chi connectivity index (χ4v) is 10.1. The van der Waals surface area contributed by atoms with E-state index in [0.717, 1.165) is 40.6 Å². The number of nitrogens with one attached hydrogen (secondary N) is 1. The molecule has 0 atom stereocenters. The Kier molecular flexibility index (Phi) is 9.46. The van der Waals surface area contributed by atoms with Gasteiger partial charge in [-0.3, -0.25) is 14.4 Å². The first-order chi connectivity index (χ1) is 24.7. The van der Waals surface area contributed by atoms with E-state index in [1.165, 1.54) is 15.6 Å². The molecule has 3 aromatic carbocycles. The molecule has 5 aromatic rings. The fourth-order valence-electron chi connectivity index (χ4n) is 7.20. The lowest BCUT2D eigenvalue weighted by atomic mass is 9.94.